The normalized spacial score (nSPS) is 14.1. The predicted molar refractivity (Wildman–Crippen MR) is 101 cm³/mol. The summed E-state index contributed by atoms with van der Waals surface area (Å²) in [7, 11) is -2.20. The summed E-state index contributed by atoms with van der Waals surface area (Å²) in [5.74, 6) is 0.413. The average molecular weight is 359 g/mol. The van der Waals surface area contributed by atoms with Gasteiger partial charge in [-0.15, -0.1) is 0 Å². The van der Waals surface area contributed by atoms with Crippen LogP contribution in [0.4, 0.5) is 5.69 Å². The number of ether oxygens (including phenoxy) is 1. The molecule has 0 saturated heterocycles. The van der Waals surface area contributed by atoms with Gasteiger partial charge in [-0.25, -0.2) is 8.42 Å². The molecule has 0 fully saturated rings. The van der Waals surface area contributed by atoms with E-state index in [1.165, 1.54) is 12.7 Å². The van der Waals surface area contributed by atoms with Crippen LogP contribution >= 0.6 is 0 Å². The van der Waals surface area contributed by atoms with E-state index in [-0.39, 0.29) is 4.90 Å². The van der Waals surface area contributed by atoms with E-state index in [4.69, 9.17) is 4.74 Å². The molecule has 0 unspecified atom stereocenters. The Morgan fingerprint density at radius 3 is 2.04 bits per heavy atom. The lowest BCUT2D eigenvalue weighted by atomic mass is 9.92. The zero-order chi connectivity index (χ0) is 18.2. The fourth-order valence-electron chi connectivity index (χ4n) is 3.64. The van der Waals surface area contributed by atoms with E-state index in [1.54, 1.807) is 6.07 Å². The van der Waals surface area contributed by atoms with E-state index in [9.17, 15) is 8.42 Å². The van der Waals surface area contributed by atoms with Gasteiger partial charge in [-0.2, -0.15) is 0 Å². The van der Waals surface area contributed by atoms with Gasteiger partial charge in [0.25, 0.3) is 10.0 Å². The van der Waals surface area contributed by atoms with E-state index < -0.39 is 10.0 Å². The van der Waals surface area contributed by atoms with Crippen molar-refractivity contribution in [3.8, 4) is 5.75 Å². The largest absolute Gasteiger partial charge is 0.495 e. The van der Waals surface area contributed by atoms with Crippen molar-refractivity contribution in [2.24, 2.45) is 0 Å². The molecule has 1 aliphatic carbocycles. The first-order chi connectivity index (χ1) is 11.8. The topological polar surface area (TPSA) is 55.4 Å². The summed E-state index contributed by atoms with van der Waals surface area (Å²) in [4.78, 5) is 0.218. The maximum absolute atomic E-state index is 13.1. The first-order valence-corrected chi connectivity index (χ1v) is 10.1. The molecule has 2 aromatic carbocycles. The minimum absolute atomic E-state index is 0.218. The van der Waals surface area contributed by atoms with Gasteiger partial charge in [-0.1, -0.05) is 17.7 Å². The van der Waals surface area contributed by atoms with Gasteiger partial charge >= 0.3 is 0 Å². The molecular formula is C20H25NO3S. The summed E-state index contributed by atoms with van der Waals surface area (Å²) < 4.78 is 34.3. The van der Waals surface area contributed by atoms with E-state index in [2.05, 4.69) is 4.72 Å². The Labute approximate surface area is 150 Å². The van der Waals surface area contributed by atoms with Crippen molar-refractivity contribution < 1.29 is 13.2 Å². The van der Waals surface area contributed by atoms with Crippen LogP contribution in [-0.4, -0.2) is 15.5 Å². The maximum atomic E-state index is 13.1. The molecule has 0 aliphatic heterocycles. The van der Waals surface area contributed by atoms with Crippen LogP contribution in [0.2, 0.25) is 0 Å². The molecule has 0 heterocycles. The Balaban J connectivity index is 2.06. The number of fused-ring (bicyclic) bond motifs is 1. The van der Waals surface area contributed by atoms with E-state index in [0.717, 1.165) is 47.9 Å². The third-order valence-electron chi connectivity index (χ3n) is 4.83. The van der Waals surface area contributed by atoms with Gasteiger partial charge in [0.1, 0.15) is 10.6 Å². The molecule has 0 bridgehead atoms. The molecule has 0 amide bonds. The SMILES string of the molecule is COc1cc2c(cc1S(=O)(=O)Nc1c(C)cc(C)cc1C)CCCC2. The molecule has 4 nitrogen and oxygen atoms in total. The van der Waals surface area contributed by atoms with Gasteiger partial charge < -0.3 is 4.74 Å². The molecule has 134 valence electrons. The highest BCUT2D eigenvalue weighted by Gasteiger charge is 2.24. The molecule has 1 aliphatic rings. The summed E-state index contributed by atoms with van der Waals surface area (Å²) in [6.07, 6.45) is 4.14. The van der Waals surface area contributed by atoms with Gasteiger partial charge in [-0.3, -0.25) is 4.72 Å². The highest BCUT2D eigenvalue weighted by Crippen LogP contribution is 2.34. The molecule has 2 aromatic rings. The van der Waals surface area contributed by atoms with E-state index in [0.29, 0.717) is 11.4 Å². The molecule has 1 N–H and O–H groups in total. The summed E-state index contributed by atoms with van der Waals surface area (Å²) in [6.45, 7) is 5.84. The van der Waals surface area contributed by atoms with E-state index >= 15 is 0 Å². The highest BCUT2D eigenvalue weighted by molar-refractivity contribution is 7.92. The van der Waals surface area contributed by atoms with Crippen LogP contribution < -0.4 is 9.46 Å². The van der Waals surface area contributed by atoms with Crippen LogP contribution in [0.15, 0.2) is 29.2 Å². The lowest BCUT2D eigenvalue weighted by molar-refractivity contribution is 0.401. The number of anilines is 1. The number of nitrogens with one attached hydrogen (secondary N) is 1. The summed E-state index contributed by atoms with van der Waals surface area (Å²) >= 11 is 0. The highest BCUT2D eigenvalue weighted by atomic mass is 32.2. The first kappa shape index (κ1) is 17.8. The Morgan fingerprint density at radius 1 is 0.920 bits per heavy atom. The van der Waals surface area contributed by atoms with Crippen LogP contribution in [0, 0.1) is 20.8 Å². The maximum Gasteiger partial charge on any atom is 0.265 e. The van der Waals surface area contributed by atoms with Crippen LogP contribution in [0.5, 0.6) is 5.75 Å². The molecule has 0 saturated carbocycles. The van der Waals surface area contributed by atoms with Crippen molar-refractivity contribution in [3.05, 3.63) is 52.1 Å². The number of benzene rings is 2. The molecule has 5 heteroatoms. The van der Waals surface area contributed by atoms with Crippen molar-refractivity contribution in [1.82, 2.24) is 0 Å². The van der Waals surface area contributed by atoms with Gasteiger partial charge in [0.05, 0.1) is 12.8 Å². The lowest BCUT2D eigenvalue weighted by Crippen LogP contribution is -2.17. The summed E-state index contributed by atoms with van der Waals surface area (Å²) in [5.41, 5.74) is 5.90. The fraction of sp³-hybridized carbons (Fsp3) is 0.400. The van der Waals surface area contributed by atoms with Crippen molar-refractivity contribution in [1.29, 1.82) is 0 Å². The standard InChI is InChI=1S/C20H25NO3S/c1-13-9-14(2)20(15(3)10-13)21-25(22,23)19-12-17-8-6-5-7-16(17)11-18(19)24-4/h9-12,21H,5-8H2,1-4H3. The molecular weight excluding hydrogens is 334 g/mol. The van der Waals surface area contributed by atoms with Crippen LogP contribution in [0.25, 0.3) is 0 Å². The number of hydrogen-bond donors (Lipinski definition) is 1. The number of rotatable bonds is 4. The van der Waals surface area contributed by atoms with Crippen LogP contribution in [0.1, 0.15) is 40.7 Å². The molecule has 0 atom stereocenters. The second kappa shape index (κ2) is 6.71. The van der Waals surface area contributed by atoms with Crippen molar-refractivity contribution >= 4 is 15.7 Å². The van der Waals surface area contributed by atoms with E-state index in [1.807, 2.05) is 39.0 Å². The van der Waals surface area contributed by atoms with Gasteiger partial charge in [-0.05, 0) is 80.8 Å². The smallest absolute Gasteiger partial charge is 0.265 e. The summed E-state index contributed by atoms with van der Waals surface area (Å²) in [6, 6.07) is 7.64. The fourth-order valence-corrected chi connectivity index (χ4v) is 5.05. The Morgan fingerprint density at radius 2 is 1.48 bits per heavy atom. The molecule has 0 aromatic heterocycles. The monoisotopic (exact) mass is 359 g/mol. The quantitative estimate of drug-likeness (QED) is 0.885. The second-order valence-corrected chi connectivity index (χ2v) is 8.51. The average Bonchev–Trinajstić information content (AvgIpc) is 2.57. The number of methoxy groups -OCH3 is 1. The molecule has 0 radical (unpaired) electrons. The first-order valence-electron chi connectivity index (χ1n) is 8.62. The van der Waals surface area contributed by atoms with Crippen molar-refractivity contribution in [2.45, 2.75) is 51.3 Å². The Bertz CT molecular complexity index is 894. The number of hydrogen-bond acceptors (Lipinski definition) is 3. The molecule has 0 spiro atoms. The predicted octanol–water partition coefficient (Wildman–Crippen LogP) is 4.30. The number of aryl methyl sites for hydroxylation is 5. The molecule has 25 heavy (non-hydrogen) atoms. The minimum atomic E-state index is -3.72. The lowest BCUT2D eigenvalue weighted by Gasteiger charge is -2.20. The Hall–Kier alpha value is -2.01. The van der Waals surface area contributed by atoms with Crippen LogP contribution in [0.3, 0.4) is 0 Å². The third kappa shape index (κ3) is 3.52. The minimum Gasteiger partial charge on any atom is -0.495 e. The van der Waals surface area contributed by atoms with Gasteiger partial charge in [0.15, 0.2) is 0 Å². The zero-order valence-electron chi connectivity index (χ0n) is 15.3. The van der Waals surface area contributed by atoms with Gasteiger partial charge in [0.2, 0.25) is 0 Å². The van der Waals surface area contributed by atoms with Crippen LogP contribution in [-0.2, 0) is 22.9 Å². The molecule has 3 rings (SSSR count). The van der Waals surface area contributed by atoms with Gasteiger partial charge in [0, 0.05) is 0 Å². The van der Waals surface area contributed by atoms with Crippen molar-refractivity contribution in [2.75, 3.05) is 11.8 Å². The number of sulfonamides is 1. The second-order valence-electron chi connectivity index (χ2n) is 6.86. The van der Waals surface area contributed by atoms with Crippen molar-refractivity contribution in [3.63, 3.8) is 0 Å². The summed E-state index contributed by atoms with van der Waals surface area (Å²) in [5, 5.41) is 0. The Kier molecular flexibility index (Phi) is 4.78. The third-order valence-corrected chi connectivity index (χ3v) is 6.20. The zero-order valence-corrected chi connectivity index (χ0v) is 16.1.